The third-order valence-electron chi connectivity index (χ3n) is 5.61. The van der Waals surface area contributed by atoms with Crippen molar-refractivity contribution in [3.8, 4) is 5.88 Å². The van der Waals surface area contributed by atoms with Gasteiger partial charge in [-0.2, -0.15) is 0 Å². The van der Waals surface area contributed by atoms with E-state index in [4.69, 9.17) is 9.73 Å². The van der Waals surface area contributed by atoms with Crippen LogP contribution in [0.2, 0.25) is 0 Å². The SMILES string of the molecule is CCOC(=O)CN(c1ccc(N=C(c2ccccc2)c2c(O)[nH]c3ccc([N+](=O)[O-])cc23)cc1)S(C)(=O)=O.[Na+].[OH-]. The molecule has 204 valence electrons. The summed E-state index contributed by atoms with van der Waals surface area (Å²) in [6.07, 6.45) is 0.991. The second kappa shape index (κ2) is 13.5. The molecule has 1 heterocycles. The molecule has 0 unspecified atom stereocenters. The fraction of sp³-hybridized carbons (Fsp3) is 0.154. The van der Waals surface area contributed by atoms with Crippen LogP contribution in [-0.4, -0.2) is 60.0 Å². The number of ether oxygens (including phenoxy) is 1. The van der Waals surface area contributed by atoms with Crippen LogP contribution in [0.15, 0.2) is 77.8 Å². The topological polar surface area (TPSA) is 185 Å². The zero-order valence-corrected chi connectivity index (χ0v) is 24.8. The predicted molar refractivity (Wildman–Crippen MR) is 146 cm³/mol. The largest absolute Gasteiger partial charge is 1.00 e. The van der Waals surface area contributed by atoms with E-state index in [1.165, 1.54) is 30.3 Å². The first-order valence-electron chi connectivity index (χ1n) is 11.5. The van der Waals surface area contributed by atoms with Gasteiger partial charge in [0, 0.05) is 28.6 Å². The van der Waals surface area contributed by atoms with E-state index in [-0.39, 0.29) is 64.5 Å². The Morgan fingerprint density at radius 2 is 1.75 bits per heavy atom. The number of carbonyl (C=O) groups excluding carboxylic acids is 1. The molecule has 0 aliphatic carbocycles. The van der Waals surface area contributed by atoms with Gasteiger partial charge in [-0.05, 0) is 37.3 Å². The van der Waals surface area contributed by atoms with E-state index >= 15 is 0 Å². The molecule has 4 rings (SSSR count). The number of aromatic amines is 1. The summed E-state index contributed by atoms with van der Waals surface area (Å²) >= 11 is 0. The normalized spacial score (nSPS) is 11.3. The van der Waals surface area contributed by atoms with Crippen LogP contribution in [0, 0.1) is 10.1 Å². The van der Waals surface area contributed by atoms with Gasteiger partial charge in [-0.15, -0.1) is 0 Å². The Hall–Kier alpha value is -3.75. The van der Waals surface area contributed by atoms with E-state index < -0.39 is 27.5 Å². The molecule has 14 heteroatoms. The van der Waals surface area contributed by atoms with Gasteiger partial charge in [0.2, 0.25) is 10.0 Å². The summed E-state index contributed by atoms with van der Waals surface area (Å²) in [5.41, 5.74) is 2.26. The van der Waals surface area contributed by atoms with E-state index in [9.17, 15) is 28.4 Å². The second-order valence-electron chi connectivity index (χ2n) is 8.25. The van der Waals surface area contributed by atoms with Gasteiger partial charge < -0.3 is 20.3 Å². The molecule has 3 aromatic carbocycles. The Morgan fingerprint density at radius 1 is 1.10 bits per heavy atom. The Bertz CT molecular complexity index is 1640. The molecule has 4 aromatic rings. The van der Waals surface area contributed by atoms with Crippen molar-refractivity contribution in [2.45, 2.75) is 6.92 Å². The average Bonchev–Trinajstić information content (AvgIpc) is 3.21. The first kappa shape index (κ1) is 32.5. The zero-order chi connectivity index (χ0) is 27.4. The van der Waals surface area contributed by atoms with Crippen LogP contribution in [0.5, 0.6) is 5.88 Å². The first-order valence-corrected chi connectivity index (χ1v) is 13.3. The van der Waals surface area contributed by atoms with Gasteiger partial charge in [0.1, 0.15) is 6.54 Å². The van der Waals surface area contributed by atoms with Crippen molar-refractivity contribution in [2.24, 2.45) is 4.99 Å². The number of aromatic hydroxyl groups is 1. The van der Waals surface area contributed by atoms with Crippen LogP contribution in [-0.2, 0) is 19.6 Å². The number of hydrogen-bond donors (Lipinski definition) is 2. The van der Waals surface area contributed by atoms with Crippen LogP contribution in [0.1, 0.15) is 18.1 Å². The summed E-state index contributed by atoms with van der Waals surface area (Å²) in [6.45, 7) is 1.27. The van der Waals surface area contributed by atoms with Gasteiger partial charge in [0.05, 0.1) is 40.4 Å². The number of non-ortho nitro benzene ring substituents is 1. The monoisotopic (exact) mass is 576 g/mol. The van der Waals surface area contributed by atoms with Gasteiger partial charge >= 0.3 is 35.5 Å². The first-order chi connectivity index (χ1) is 18.1. The van der Waals surface area contributed by atoms with Crippen LogP contribution >= 0.6 is 0 Å². The van der Waals surface area contributed by atoms with Crippen molar-refractivity contribution in [2.75, 3.05) is 23.7 Å². The summed E-state index contributed by atoms with van der Waals surface area (Å²) < 4.78 is 30.5. The maximum absolute atomic E-state index is 12.3. The quantitative estimate of drug-likeness (QED) is 0.0975. The van der Waals surface area contributed by atoms with Gasteiger partial charge in [0.15, 0.2) is 5.88 Å². The standard InChI is InChI=1S/C26H24N4O7S.Na.H2O/c1-3-37-23(31)16-29(38(2,35)36)19-11-9-18(10-12-19)27-25(17-7-5-4-6-8-17)24-21-15-20(30(33)34)13-14-22(21)28-26(24)32;;/h4-15,28,32H,3,16H2,1-2H3;;1H2/q;+1;/p-1. The average molecular weight is 577 g/mol. The van der Waals surface area contributed by atoms with E-state index in [1.807, 2.05) is 6.07 Å². The van der Waals surface area contributed by atoms with E-state index in [0.717, 1.165) is 10.6 Å². The minimum Gasteiger partial charge on any atom is -0.870 e. The van der Waals surface area contributed by atoms with E-state index in [1.54, 1.807) is 43.3 Å². The van der Waals surface area contributed by atoms with Crippen molar-refractivity contribution in [3.63, 3.8) is 0 Å². The molecule has 0 spiro atoms. The summed E-state index contributed by atoms with van der Waals surface area (Å²) in [7, 11) is -3.78. The summed E-state index contributed by atoms with van der Waals surface area (Å²) in [5, 5.41) is 22.6. The molecule has 0 saturated heterocycles. The summed E-state index contributed by atoms with van der Waals surface area (Å²) in [5.74, 6) is -0.896. The van der Waals surface area contributed by atoms with Crippen molar-refractivity contribution < 1.29 is 63.0 Å². The number of H-pyrrole nitrogens is 1. The van der Waals surface area contributed by atoms with Gasteiger partial charge in [0.25, 0.3) is 5.69 Å². The second-order valence-corrected chi connectivity index (χ2v) is 10.2. The zero-order valence-electron chi connectivity index (χ0n) is 21.9. The number of nitrogens with one attached hydrogen (secondary N) is 1. The maximum Gasteiger partial charge on any atom is 1.00 e. The number of anilines is 1. The number of nitrogens with zero attached hydrogens (tertiary/aromatic N) is 3. The molecule has 3 N–H and O–H groups in total. The number of benzene rings is 3. The predicted octanol–water partition coefficient (Wildman–Crippen LogP) is 1.11. The van der Waals surface area contributed by atoms with Crippen LogP contribution in [0.3, 0.4) is 0 Å². The number of carbonyl (C=O) groups is 1. The van der Waals surface area contributed by atoms with Crippen LogP contribution in [0.25, 0.3) is 10.9 Å². The van der Waals surface area contributed by atoms with Crippen molar-refractivity contribution in [3.05, 3.63) is 94.0 Å². The maximum atomic E-state index is 12.3. The summed E-state index contributed by atoms with van der Waals surface area (Å²) in [4.78, 5) is 30.4. The molecule has 40 heavy (non-hydrogen) atoms. The molecule has 0 saturated carbocycles. The fourth-order valence-electron chi connectivity index (χ4n) is 3.93. The number of aromatic nitrogens is 1. The number of aliphatic imine (C=N–C) groups is 1. The van der Waals surface area contributed by atoms with Gasteiger partial charge in [-0.3, -0.25) is 19.2 Å². The number of nitro groups is 1. The smallest absolute Gasteiger partial charge is 0.870 e. The van der Waals surface area contributed by atoms with Crippen molar-refractivity contribution in [1.82, 2.24) is 4.98 Å². The molecule has 0 atom stereocenters. The summed E-state index contributed by atoms with van der Waals surface area (Å²) in [6, 6.07) is 19.3. The molecule has 0 radical (unpaired) electrons. The molecular formula is C26H25N4NaO8S. The fourth-order valence-corrected chi connectivity index (χ4v) is 4.77. The van der Waals surface area contributed by atoms with Crippen LogP contribution < -0.4 is 33.9 Å². The van der Waals surface area contributed by atoms with Crippen molar-refractivity contribution >= 4 is 49.7 Å². The molecule has 1 aromatic heterocycles. The number of fused-ring (bicyclic) bond motifs is 1. The van der Waals surface area contributed by atoms with Gasteiger partial charge in [-0.25, -0.2) is 13.4 Å². The molecule has 0 bridgehead atoms. The molecular weight excluding hydrogens is 551 g/mol. The number of nitro benzene ring substituents is 1. The molecule has 0 amide bonds. The Kier molecular flexibility index (Phi) is 11.0. The minimum absolute atomic E-state index is 0. The number of rotatable bonds is 9. The van der Waals surface area contributed by atoms with Crippen LogP contribution in [0.4, 0.5) is 17.1 Å². The Balaban J connectivity index is 0.00000280. The third kappa shape index (κ3) is 7.25. The Labute approximate surface area is 252 Å². The number of hydrogen-bond acceptors (Lipinski definition) is 9. The van der Waals surface area contributed by atoms with Crippen molar-refractivity contribution in [1.29, 1.82) is 0 Å². The molecule has 12 nitrogen and oxygen atoms in total. The molecule has 0 aliphatic heterocycles. The molecule has 0 aliphatic rings. The molecule has 0 fully saturated rings. The Morgan fingerprint density at radius 3 is 2.33 bits per heavy atom. The minimum atomic E-state index is -3.78. The number of sulfonamides is 1. The third-order valence-corrected chi connectivity index (χ3v) is 6.75. The van der Waals surface area contributed by atoms with E-state index in [0.29, 0.717) is 27.9 Å². The number of esters is 1. The van der Waals surface area contributed by atoms with Gasteiger partial charge in [-0.1, -0.05) is 30.3 Å². The van der Waals surface area contributed by atoms with E-state index in [2.05, 4.69) is 4.98 Å².